The molecule has 4 rings (SSSR count). The summed E-state index contributed by atoms with van der Waals surface area (Å²) < 4.78 is 5.21. The average Bonchev–Trinajstić information content (AvgIpc) is 2.93. The van der Waals surface area contributed by atoms with E-state index in [2.05, 4.69) is 48.5 Å². The van der Waals surface area contributed by atoms with Crippen molar-refractivity contribution in [1.82, 2.24) is 4.90 Å². The van der Waals surface area contributed by atoms with Gasteiger partial charge in [0.15, 0.2) is 0 Å². The molecule has 1 N–H and O–H groups in total. The van der Waals surface area contributed by atoms with Gasteiger partial charge in [-0.15, -0.1) is 0 Å². The second-order valence-electron chi connectivity index (χ2n) is 9.35. The zero-order valence-corrected chi connectivity index (χ0v) is 21.6. The van der Waals surface area contributed by atoms with Gasteiger partial charge in [0.1, 0.15) is 11.5 Å². The molecular weight excluding hydrogens is 474 g/mol. The number of hydrogen-bond acceptors (Lipinski definition) is 4. The van der Waals surface area contributed by atoms with E-state index >= 15 is 0 Å². The van der Waals surface area contributed by atoms with E-state index in [-0.39, 0.29) is 23.5 Å². The molecule has 0 saturated carbocycles. The van der Waals surface area contributed by atoms with Crippen LogP contribution in [0, 0.1) is 0 Å². The van der Waals surface area contributed by atoms with Gasteiger partial charge in [-0.2, -0.15) is 0 Å². The minimum absolute atomic E-state index is 0.0569. The van der Waals surface area contributed by atoms with Crippen molar-refractivity contribution in [2.75, 3.05) is 13.1 Å². The van der Waals surface area contributed by atoms with E-state index in [9.17, 15) is 14.7 Å². The molecule has 4 aromatic carbocycles. The molecule has 0 spiro atoms. The highest BCUT2D eigenvalue weighted by molar-refractivity contribution is 5.94. The van der Waals surface area contributed by atoms with E-state index < -0.39 is 0 Å². The van der Waals surface area contributed by atoms with Crippen LogP contribution in [0.25, 0.3) is 0 Å². The van der Waals surface area contributed by atoms with E-state index in [1.807, 2.05) is 35.2 Å². The maximum absolute atomic E-state index is 13.5. The topological polar surface area (TPSA) is 66.8 Å². The summed E-state index contributed by atoms with van der Waals surface area (Å²) in [6, 6.07) is 34.7. The van der Waals surface area contributed by atoms with Gasteiger partial charge >= 0.3 is 5.97 Å². The van der Waals surface area contributed by atoms with Gasteiger partial charge in [0.05, 0.1) is 0 Å². The Morgan fingerprint density at radius 3 is 2.03 bits per heavy atom. The second-order valence-corrected chi connectivity index (χ2v) is 9.35. The first-order chi connectivity index (χ1) is 18.5. The lowest BCUT2D eigenvalue weighted by molar-refractivity contribution is -0.131. The Kier molecular flexibility index (Phi) is 9.30. The molecule has 1 amide bonds. The Balaban J connectivity index is 1.50. The Hall–Kier alpha value is -4.38. The van der Waals surface area contributed by atoms with Gasteiger partial charge in [0.25, 0.3) is 5.91 Å². The van der Waals surface area contributed by atoms with E-state index in [1.54, 1.807) is 30.3 Å². The second kappa shape index (κ2) is 13.2. The number of amides is 1. The lowest BCUT2D eigenvalue weighted by Gasteiger charge is -2.26. The maximum Gasteiger partial charge on any atom is 0.308 e. The van der Waals surface area contributed by atoms with E-state index in [1.165, 1.54) is 18.1 Å². The molecule has 0 bridgehead atoms. The van der Waals surface area contributed by atoms with E-state index in [0.29, 0.717) is 24.4 Å². The third-order valence-electron chi connectivity index (χ3n) is 6.55. The van der Waals surface area contributed by atoms with Crippen LogP contribution >= 0.6 is 0 Å². The Morgan fingerprint density at radius 1 is 0.789 bits per heavy atom. The first kappa shape index (κ1) is 26.7. The smallest absolute Gasteiger partial charge is 0.308 e. The number of aromatic hydroxyl groups is 1. The van der Waals surface area contributed by atoms with Crippen LogP contribution in [0.15, 0.2) is 109 Å². The number of carbonyl (C=O) groups is 2. The fraction of sp³-hybridized carbons (Fsp3) is 0.212. The normalized spacial score (nSPS) is 10.8. The lowest BCUT2D eigenvalue weighted by atomic mass is 9.88. The molecule has 0 saturated heterocycles. The predicted octanol–water partition coefficient (Wildman–Crippen LogP) is 6.61. The summed E-state index contributed by atoms with van der Waals surface area (Å²) in [4.78, 5) is 26.8. The molecule has 0 atom stereocenters. The van der Waals surface area contributed by atoms with Gasteiger partial charge in [-0.1, -0.05) is 72.8 Å². The van der Waals surface area contributed by atoms with Crippen molar-refractivity contribution in [3.05, 3.63) is 131 Å². The van der Waals surface area contributed by atoms with Crippen LogP contribution in [0.5, 0.6) is 11.5 Å². The summed E-state index contributed by atoms with van der Waals surface area (Å²) in [5.74, 6) is 0.417. The molecule has 0 fully saturated rings. The van der Waals surface area contributed by atoms with Crippen LogP contribution in [0.2, 0.25) is 0 Å². The number of benzene rings is 4. The first-order valence-corrected chi connectivity index (χ1v) is 12.9. The average molecular weight is 508 g/mol. The highest BCUT2D eigenvalue weighted by Crippen LogP contribution is 2.28. The number of hydrogen-bond donors (Lipinski definition) is 1. The monoisotopic (exact) mass is 507 g/mol. The van der Waals surface area contributed by atoms with Crippen LogP contribution in [-0.2, 0) is 11.2 Å². The molecule has 0 aromatic heterocycles. The molecule has 0 radical (unpaired) electrons. The number of ether oxygens (including phenoxy) is 1. The summed E-state index contributed by atoms with van der Waals surface area (Å²) in [6.07, 6.45) is 2.28. The molecule has 0 aliphatic heterocycles. The van der Waals surface area contributed by atoms with E-state index in [0.717, 1.165) is 24.8 Å². The van der Waals surface area contributed by atoms with Gasteiger partial charge in [-0.05, 0) is 72.4 Å². The van der Waals surface area contributed by atoms with Gasteiger partial charge in [-0.25, -0.2) is 0 Å². The number of phenols is 1. The standard InChI is InChI=1S/C33H33NO4/c1-25(35)38-31-16-8-10-26(24-31)11-9-22-34(33(37)29-17-19-30(36)20-18-29)23-21-32(27-12-4-2-5-13-27)28-14-6-3-7-15-28/h2-8,10,12-20,24,32,36H,9,11,21-23H2,1H3. The highest BCUT2D eigenvalue weighted by atomic mass is 16.5. The fourth-order valence-corrected chi connectivity index (χ4v) is 4.69. The number of aryl methyl sites for hydroxylation is 1. The third kappa shape index (κ3) is 7.56. The largest absolute Gasteiger partial charge is 0.508 e. The molecule has 4 aromatic rings. The molecule has 194 valence electrons. The summed E-state index contributed by atoms with van der Waals surface area (Å²) in [6.45, 7) is 2.55. The van der Waals surface area contributed by atoms with Crippen molar-refractivity contribution in [3.63, 3.8) is 0 Å². The minimum Gasteiger partial charge on any atom is -0.508 e. The van der Waals surface area contributed by atoms with Crippen molar-refractivity contribution in [2.45, 2.75) is 32.1 Å². The summed E-state index contributed by atoms with van der Waals surface area (Å²) in [5.41, 5.74) is 4.04. The summed E-state index contributed by atoms with van der Waals surface area (Å²) in [7, 11) is 0. The third-order valence-corrected chi connectivity index (χ3v) is 6.55. The Bertz CT molecular complexity index is 1280. The first-order valence-electron chi connectivity index (χ1n) is 12.9. The van der Waals surface area contributed by atoms with Crippen LogP contribution in [0.1, 0.15) is 52.7 Å². The summed E-state index contributed by atoms with van der Waals surface area (Å²) >= 11 is 0. The van der Waals surface area contributed by atoms with Crippen molar-refractivity contribution in [3.8, 4) is 11.5 Å². The SMILES string of the molecule is CC(=O)Oc1cccc(CCCN(CCC(c2ccccc2)c2ccccc2)C(=O)c2ccc(O)cc2)c1. The number of phenolic OH excluding ortho intramolecular Hbond substituents is 1. The lowest BCUT2D eigenvalue weighted by Crippen LogP contribution is -2.34. The molecular formula is C33H33NO4. The zero-order valence-electron chi connectivity index (χ0n) is 21.6. The van der Waals surface area contributed by atoms with Crippen LogP contribution in [-0.4, -0.2) is 35.0 Å². The quantitative estimate of drug-likeness (QED) is 0.183. The number of esters is 1. The van der Waals surface area contributed by atoms with Crippen molar-refractivity contribution in [2.24, 2.45) is 0 Å². The molecule has 38 heavy (non-hydrogen) atoms. The van der Waals surface area contributed by atoms with Gasteiger partial charge in [0, 0.05) is 31.5 Å². The van der Waals surface area contributed by atoms with Crippen LogP contribution < -0.4 is 4.74 Å². The van der Waals surface area contributed by atoms with Crippen molar-refractivity contribution in [1.29, 1.82) is 0 Å². The zero-order chi connectivity index (χ0) is 26.7. The number of carbonyl (C=O) groups excluding carboxylic acids is 2. The van der Waals surface area contributed by atoms with Crippen molar-refractivity contribution < 1.29 is 19.4 Å². The molecule has 0 heterocycles. The Labute approximate surface area is 224 Å². The minimum atomic E-state index is -0.348. The molecule has 5 nitrogen and oxygen atoms in total. The Morgan fingerprint density at radius 2 is 1.42 bits per heavy atom. The maximum atomic E-state index is 13.5. The molecule has 0 aliphatic rings. The van der Waals surface area contributed by atoms with Gasteiger partial charge in [0.2, 0.25) is 0 Å². The van der Waals surface area contributed by atoms with E-state index in [4.69, 9.17) is 4.74 Å². The molecule has 5 heteroatoms. The molecule has 0 aliphatic carbocycles. The predicted molar refractivity (Wildman–Crippen MR) is 149 cm³/mol. The van der Waals surface area contributed by atoms with Crippen molar-refractivity contribution >= 4 is 11.9 Å². The fourth-order valence-electron chi connectivity index (χ4n) is 4.69. The molecule has 0 unspecified atom stereocenters. The summed E-state index contributed by atoms with van der Waals surface area (Å²) in [5, 5.41) is 9.69. The number of nitrogens with zero attached hydrogens (tertiary/aromatic N) is 1. The van der Waals surface area contributed by atoms with Gasteiger partial charge in [-0.3, -0.25) is 9.59 Å². The van der Waals surface area contributed by atoms with Crippen LogP contribution in [0.4, 0.5) is 0 Å². The van der Waals surface area contributed by atoms with Crippen LogP contribution in [0.3, 0.4) is 0 Å². The highest BCUT2D eigenvalue weighted by Gasteiger charge is 2.20. The van der Waals surface area contributed by atoms with Gasteiger partial charge < -0.3 is 14.7 Å². The number of rotatable bonds is 11.